The molecule has 0 aliphatic carbocycles. The molecule has 0 bridgehead atoms. The van der Waals surface area contributed by atoms with E-state index in [1.807, 2.05) is 25.3 Å². The molecule has 0 aromatic heterocycles. The van der Waals surface area contributed by atoms with Crippen LogP contribution in [0.25, 0.3) is 0 Å². The summed E-state index contributed by atoms with van der Waals surface area (Å²) in [6.45, 7) is 6.47. The van der Waals surface area contributed by atoms with Crippen LogP contribution < -0.4 is 0 Å². The summed E-state index contributed by atoms with van der Waals surface area (Å²) in [5.41, 5.74) is 2.59. The van der Waals surface area contributed by atoms with Crippen LogP contribution in [0.3, 0.4) is 0 Å². The molecule has 2 rings (SSSR count). The van der Waals surface area contributed by atoms with Gasteiger partial charge >= 0.3 is 0 Å². The van der Waals surface area contributed by atoms with E-state index < -0.39 is 21.2 Å². The van der Waals surface area contributed by atoms with Crippen molar-refractivity contribution in [1.82, 2.24) is 0 Å². The molecule has 8 heteroatoms. The molecule has 0 radical (unpaired) electrons. The lowest BCUT2D eigenvalue weighted by atomic mass is 9.82. The lowest BCUT2D eigenvalue weighted by molar-refractivity contribution is -0.438. The van der Waals surface area contributed by atoms with Crippen LogP contribution in [-0.2, 0) is 26.6 Å². The lowest BCUT2D eigenvalue weighted by Crippen LogP contribution is -2.27. The third-order valence-corrected chi connectivity index (χ3v) is 5.69. The molecule has 0 amide bonds. The van der Waals surface area contributed by atoms with E-state index in [1.54, 1.807) is 18.2 Å². The Hall–Kier alpha value is -1.09. The van der Waals surface area contributed by atoms with Gasteiger partial charge < -0.3 is 4.55 Å². The first-order valence-electron chi connectivity index (χ1n) is 6.86. The van der Waals surface area contributed by atoms with Crippen molar-refractivity contribution in [3.05, 3.63) is 23.8 Å². The zero-order chi connectivity index (χ0) is 16.7. The van der Waals surface area contributed by atoms with Crippen LogP contribution in [0.15, 0.2) is 23.1 Å². The Balaban J connectivity index is 2.37. The zero-order valence-corrected chi connectivity index (χ0v) is 14.4. The molecular weight excluding hydrogens is 326 g/mol. The van der Waals surface area contributed by atoms with Crippen molar-refractivity contribution in [2.45, 2.75) is 37.5 Å². The van der Waals surface area contributed by atoms with Crippen molar-refractivity contribution in [2.24, 2.45) is 0 Å². The van der Waals surface area contributed by atoms with Gasteiger partial charge in [-0.25, -0.2) is 4.21 Å². The Morgan fingerprint density at radius 1 is 1.32 bits per heavy atom. The first-order chi connectivity index (χ1) is 10.0. The standard InChI is InChI=1S/C14H19NO5S2/c1-10-14(2,3)12-9-11(21(16)17)5-6-13(12)15(10)7-4-8-22(18,19)20/h5-6,9H,4,7-8H2,1-3H3,(H-,16,17,18,19,20)/p+1. The summed E-state index contributed by atoms with van der Waals surface area (Å²) in [6.07, 6.45) is 0.305. The van der Waals surface area contributed by atoms with Crippen molar-refractivity contribution in [3.63, 3.8) is 0 Å². The van der Waals surface area contributed by atoms with E-state index in [2.05, 4.69) is 0 Å². The topological polar surface area (TPSA) is 94.7 Å². The fourth-order valence-electron chi connectivity index (χ4n) is 2.77. The quantitative estimate of drug-likeness (QED) is 0.483. The normalized spacial score (nSPS) is 18.4. The van der Waals surface area contributed by atoms with E-state index in [1.165, 1.54) is 0 Å². The fraction of sp³-hybridized carbons (Fsp3) is 0.500. The van der Waals surface area contributed by atoms with Gasteiger partial charge in [-0.15, -0.1) is 0 Å². The van der Waals surface area contributed by atoms with Gasteiger partial charge in [-0.2, -0.15) is 13.0 Å². The summed E-state index contributed by atoms with van der Waals surface area (Å²) in [5, 5.41) is 0. The first-order valence-corrected chi connectivity index (χ1v) is 9.58. The van der Waals surface area contributed by atoms with Gasteiger partial charge in [0.05, 0.1) is 16.1 Å². The molecule has 2 N–H and O–H groups in total. The molecular formula is C14H20NO5S2+. The molecule has 1 aliphatic heterocycles. The summed E-state index contributed by atoms with van der Waals surface area (Å²) in [5.74, 6) is -0.286. The average molecular weight is 346 g/mol. The van der Waals surface area contributed by atoms with Crippen molar-refractivity contribution in [1.29, 1.82) is 0 Å². The highest BCUT2D eigenvalue weighted by Gasteiger charge is 2.43. The van der Waals surface area contributed by atoms with Crippen molar-refractivity contribution in [2.75, 3.05) is 12.3 Å². The molecule has 1 aromatic rings. The van der Waals surface area contributed by atoms with E-state index in [9.17, 15) is 17.2 Å². The van der Waals surface area contributed by atoms with Crippen LogP contribution in [0.1, 0.15) is 32.8 Å². The van der Waals surface area contributed by atoms with E-state index in [0.29, 0.717) is 17.9 Å². The minimum absolute atomic E-state index is 0.286. The van der Waals surface area contributed by atoms with Gasteiger partial charge in [0, 0.05) is 25.0 Å². The van der Waals surface area contributed by atoms with Crippen LogP contribution in [0.4, 0.5) is 5.69 Å². The predicted octanol–water partition coefficient (Wildman–Crippen LogP) is 1.94. The maximum atomic E-state index is 11.3. The minimum Gasteiger partial charge on any atom is -0.302 e. The van der Waals surface area contributed by atoms with Gasteiger partial charge in [0.1, 0.15) is 6.54 Å². The third kappa shape index (κ3) is 3.29. The molecule has 1 aliphatic rings. The molecule has 6 nitrogen and oxygen atoms in total. The zero-order valence-electron chi connectivity index (χ0n) is 12.7. The van der Waals surface area contributed by atoms with Gasteiger partial charge in [0.25, 0.3) is 10.1 Å². The number of rotatable bonds is 5. The van der Waals surface area contributed by atoms with Gasteiger partial charge in [0.2, 0.25) is 5.69 Å². The Morgan fingerprint density at radius 2 is 1.95 bits per heavy atom. The molecule has 0 fully saturated rings. The summed E-state index contributed by atoms with van der Waals surface area (Å²) in [4.78, 5) is 0.347. The molecule has 1 heterocycles. The van der Waals surface area contributed by atoms with Gasteiger partial charge in [-0.1, -0.05) is 0 Å². The van der Waals surface area contributed by atoms with Crippen molar-refractivity contribution < 1.29 is 26.3 Å². The lowest BCUT2D eigenvalue weighted by Gasteiger charge is -2.15. The summed E-state index contributed by atoms with van der Waals surface area (Å²) in [7, 11) is -3.97. The van der Waals surface area contributed by atoms with Crippen LogP contribution >= 0.6 is 0 Å². The molecule has 1 unspecified atom stereocenters. The number of hydrogen-bond acceptors (Lipinski definition) is 3. The maximum Gasteiger partial charge on any atom is 0.265 e. The SMILES string of the molecule is CC1=[N+](CCCS(=O)(=O)O)c2ccc(S(=O)O)cc2C1(C)C. The number of benzene rings is 1. The highest BCUT2D eigenvalue weighted by Crippen LogP contribution is 2.40. The molecule has 1 atom stereocenters. The Labute approximate surface area is 132 Å². The average Bonchev–Trinajstić information content (AvgIpc) is 2.58. The van der Waals surface area contributed by atoms with E-state index in [-0.39, 0.29) is 11.2 Å². The Bertz CT molecular complexity index is 765. The van der Waals surface area contributed by atoms with Crippen LogP contribution in [-0.4, -0.2) is 44.3 Å². The van der Waals surface area contributed by atoms with Crippen molar-refractivity contribution >= 4 is 32.6 Å². The van der Waals surface area contributed by atoms with Gasteiger partial charge in [-0.05, 0) is 26.0 Å². The summed E-state index contributed by atoms with van der Waals surface area (Å²) in [6, 6.07) is 5.10. The van der Waals surface area contributed by atoms with Gasteiger partial charge in [0.15, 0.2) is 16.8 Å². The van der Waals surface area contributed by atoms with Crippen LogP contribution in [0, 0.1) is 0 Å². The number of nitrogens with zero attached hydrogens (tertiary/aromatic N) is 1. The predicted molar refractivity (Wildman–Crippen MR) is 85.0 cm³/mol. The largest absolute Gasteiger partial charge is 0.302 e. The van der Waals surface area contributed by atoms with Crippen LogP contribution in [0.2, 0.25) is 0 Å². The minimum atomic E-state index is -3.97. The molecule has 0 saturated heterocycles. The van der Waals surface area contributed by atoms with E-state index in [4.69, 9.17) is 4.55 Å². The Morgan fingerprint density at radius 3 is 2.50 bits per heavy atom. The van der Waals surface area contributed by atoms with Crippen LogP contribution in [0.5, 0.6) is 0 Å². The first kappa shape index (κ1) is 17.3. The van der Waals surface area contributed by atoms with Gasteiger partial charge in [-0.3, -0.25) is 4.55 Å². The second-order valence-corrected chi connectivity index (χ2v) is 8.47. The smallest absolute Gasteiger partial charge is 0.265 e. The monoisotopic (exact) mass is 346 g/mol. The number of fused-ring (bicyclic) bond motifs is 1. The van der Waals surface area contributed by atoms with E-state index >= 15 is 0 Å². The summed E-state index contributed by atoms with van der Waals surface area (Å²) < 4.78 is 53.0. The Kier molecular flexibility index (Phi) is 4.59. The summed E-state index contributed by atoms with van der Waals surface area (Å²) >= 11 is -2.03. The number of hydrogen-bond donors (Lipinski definition) is 2. The second-order valence-electron chi connectivity index (χ2n) is 5.93. The van der Waals surface area contributed by atoms with Crippen molar-refractivity contribution in [3.8, 4) is 0 Å². The fourth-order valence-corrected chi connectivity index (χ4v) is 3.66. The third-order valence-electron chi connectivity index (χ3n) is 4.23. The van der Waals surface area contributed by atoms with E-state index in [0.717, 1.165) is 17.0 Å². The molecule has 0 spiro atoms. The highest BCUT2D eigenvalue weighted by atomic mass is 32.2. The highest BCUT2D eigenvalue weighted by molar-refractivity contribution is 7.85. The molecule has 122 valence electrons. The molecule has 1 aromatic carbocycles. The molecule has 0 saturated carbocycles. The second kappa shape index (κ2) is 5.84. The maximum absolute atomic E-state index is 11.3. The molecule has 22 heavy (non-hydrogen) atoms.